The van der Waals surface area contributed by atoms with Gasteiger partial charge in [0.2, 0.25) is 11.8 Å². The minimum Gasteiger partial charge on any atom is -0.355 e. The standard InChI is InChI=1S/C21H24N2O4S/c1-16(24)23-13-11-17-7-5-6-10-19(17)20(23)15-21(25)22-12-14-28(26,27)18-8-3-2-4-9-18/h2-10,20H,11-15H2,1H3,(H,22,25). The number of rotatable bonds is 6. The number of hydrogen-bond donors (Lipinski definition) is 1. The largest absolute Gasteiger partial charge is 0.355 e. The lowest BCUT2D eigenvalue weighted by Crippen LogP contribution is -2.41. The van der Waals surface area contributed by atoms with E-state index in [2.05, 4.69) is 5.32 Å². The molecule has 7 heteroatoms. The van der Waals surface area contributed by atoms with Crippen LogP contribution in [-0.2, 0) is 25.8 Å². The molecule has 1 aliphatic heterocycles. The summed E-state index contributed by atoms with van der Waals surface area (Å²) < 4.78 is 24.6. The normalized spacial score (nSPS) is 16.3. The van der Waals surface area contributed by atoms with Gasteiger partial charge in [-0.3, -0.25) is 9.59 Å². The zero-order valence-electron chi connectivity index (χ0n) is 15.8. The third kappa shape index (κ3) is 4.59. The minimum absolute atomic E-state index is 0.0322. The summed E-state index contributed by atoms with van der Waals surface area (Å²) in [5.74, 6) is -0.504. The molecule has 1 heterocycles. The number of fused-ring (bicyclic) bond motifs is 1. The van der Waals surface area contributed by atoms with E-state index in [4.69, 9.17) is 0 Å². The summed E-state index contributed by atoms with van der Waals surface area (Å²) in [5, 5.41) is 2.69. The monoisotopic (exact) mass is 400 g/mol. The van der Waals surface area contributed by atoms with Crippen LogP contribution < -0.4 is 5.32 Å². The molecule has 2 aromatic rings. The van der Waals surface area contributed by atoms with Crippen LogP contribution in [0.4, 0.5) is 0 Å². The van der Waals surface area contributed by atoms with Crippen LogP contribution in [0.1, 0.15) is 30.5 Å². The molecule has 1 aliphatic rings. The van der Waals surface area contributed by atoms with Crippen LogP contribution in [0.5, 0.6) is 0 Å². The number of carbonyl (C=O) groups is 2. The van der Waals surface area contributed by atoms with Crippen LogP contribution in [0.25, 0.3) is 0 Å². The van der Waals surface area contributed by atoms with Crippen LogP contribution in [-0.4, -0.2) is 44.0 Å². The molecule has 148 valence electrons. The summed E-state index contributed by atoms with van der Waals surface area (Å²) in [5.41, 5.74) is 2.13. The predicted octanol–water partition coefficient (Wildman–Crippen LogP) is 2.11. The lowest BCUT2D eigenvalue weighted by atomic mass is 9.90. The quantitative estimate of drug-likeness (QED) is 0.805. The second kappa shape index (κ2) is 8.56. The average Bonchev–Trinajstić information content (AvgIpc) is 2.68. The maximum atomic E-state index is 12.5. The number of nitrogens with one attached hydrogen (secondary N) is 1. The second-order valence-electron chi connectivity index (χ2n) is 6.86. The van der Waals surface area contributed by atoms with Crippen LogP contribution >= 0.6 is 0 Å². The lowest BCUT2D eigenvalue weighted by Gasteiger charge is -2.36. The van der Waals surface area contributed by atoms with Crippen LogP contribution in [0.2, 0.25) is 0 Å². The molecule has 0 bridgehead atoms. The molecule has 28 heavy (non-hydrogen) atoms. The number of sulfone groups is 1. The molecule has 0 saturated heterocycles. The number of hydrogen-bond acceptors (Lipinski definition) is 4. The highest BCUT2D eigenvalue weighted by Crippen LogP contribution is 2.32. The molecule has 0 spiro atoms. The van der Waals surface area contributed by atoms with Crippen molar-refractivity contribution in [2.45, 2.75) is 30.7 Å². The van der Waals surface area contributed by atoms with Crippen molar-refractivity contribution in [3.05, 3.63) is 65.7 Å². The number of nitrogens with zero attached hydrogens (tertiary/aromatic N) is 1. The van der Waals surface area contributed by atoms with Crippen molar-refractivity contribution in [2.75, 3.05) is 18.8 Å². The van der Waals surface area contributed by atoms with Crippen molar-refractivity contribution in [3.8, 4) is 0 Å². The molecule has 6 nitrogen and oxygen atoms in total. The molecule has 1 N–H and O–H groups in total. The van der Waals surface area contributed by atoms with Crippen LogP contribution in [0, 0.1) is 0 Å². The van der Waals surface area contributed by atoms with Crippen molar-refractivity contribution < 1.29 is 18.0 Å². The second-order valence-corrected chi connectivity index (χ2v) is 8.97. The SMILES string of the molecule is CC(=O)N1CCc2ccccc2C1CC(=O)NCCS(=O)(=O)c1ccccc1. The van der Waals surface area contributed by atoms with E-state index >= 15 is 0 Å². The Morgan fingerprint density at radius 3 is 2.46 bits per heavy atom. The first-order chi connectivity index (χ1) is 13.4. The molecule has 0 aliphatic carbocycles. The first-order valence-corrected chi connectivity index (χ1v) is 10.9. The zero-order valence-corrected chi connectivity index (χ0v) is 16.6. The fraction of sp³-hybridized carbons (Fsp3) is 0.333. The van der Waals surface area contributed by atoms with Crippen LogP contribution in [0.3, 0.4) is 0 Å². The highest BCUT2D eigenvalue weighted by Gasteiger charge is 2.30. The summed E-state index contributed by atoms with van der Waals surface area (Å²) in [6, 6.07) is 15.7. The van der Waals surface area contributed by atoms with Gasteiger partial charge in [0, 0.05) is 20.0 Å². The minimum atomic E-state index is -3.44. The molecule has 0 aromatic heterocycles. The molecule has 1 unspecified atom stereocenters. The van der Waals surface area contributed by atoms with E-state index in [0.29, 0.717) is 6.54 Å². The maximum Gasteiger partial charge on any atom is 0.222 e. The van der Waals surface area contributed by atoms with Crippen molar-refractivity contribution in [2.24, 2.45) is 0 Å². The molecular formula is C21H24N2O4S. The highest BCUT2D eigenvalue weighted by atomic mass is 32.2. The summed E-state index contributed by atoms with van der Waals surface area (Å²) in [4.78, 5) is 26.4. The fourth-order valence-corrected chi connectivity index (χ4v) is 4.75. The van der Waals surface area contributed by atoms with Gasteiger partial charge in [-0.25, -0.2) is 8.42 Å². The fourth-order valence-electron chi connectivity index (χ4n) is 3.57. The Kier molecular flexibility index (Phi) is 6.14. The smallest absolute Gasteiger partial charge is 0.222 e. The van der Waals surface area contributed by atoms with Gasteiger partial charge >= 0.3 is 0 Å². The van der Waals surface area contributed by atoms with Crippen molar-refractivity contribution in [3.63, 3.8) is 0 Å². The molecule has 0 fully saturated rings. The van der Waals surface area contributed by atoms with E-state index in [1.54, 1.807) is 35.2 Å². The van der Waals surface area contributed by atoms with E-state index < -0.39 is 9.84 Å². The average molecular weight is 401 g/mol. The number of amides is 2. The third-order valence-corrected chi connectivity index (χ3v) is 6.72. The summed E-state index contributed by atoms with van der Waals surface area (Å²) in [7, 11) is -3.44. The van der Waals surface area contributed by atoms with Gasteiger partial charge in [-0.2, -0.15) is 0 Å². The van der Waals surface area contributed by atoms with E-state index in [1.807, 2.05) is 24.3 Å². The van der Waals surface area contributed by atoms with E-state index in [0.717, 1.165) is 17.5 Å². The maximum absolute atomic E-state index is 12.5. The van der Waals surface area contributed by atoms with Gasteiger partial charge in [-0.1, -0.05) is 42.5 Å². The predicted molar refractivity (Wildman–Crippen MR) is 106 cm³/mol. The van der Waals surface area contributed by atoms with Gasteiger partial charge in [0.15, 0.2) is 9.84 Å². The molecule has 2 amide bonds. The Balaban J connectivity index is 1.63. The Morgan fingerprint density at radius 2 is 1.75 bits per heavy atom. The Morgan fingerprint density at radius 1 is 1.07 bits per heavy atom. The molecule has 0 saturated carbocycles. The van der Waals surface area contributed by atoms with Crippen molar-refractivity contribution in [1.29, 1.82) is 0 Å². The third-order valence-electron chi connectivity index (χ3n) is 4.99. The molecule has 3 rings (SSSR count). The van der Waals surface area contributed by atoms with Crippen molar-refractivity contribution >= 4 is 21.7 Å². The van der Waals surface area contributed by atoms with Gasteiger partial charge in [0.05, 0.1) is 23.1 Å². The van der Waals surface area contributed by atoms with E-state index in [1.165, 1.54) is 6.92 Å². The summed E-state index contributed by atoms with van der Waals surface area (Å²) in [6.07, 6.45) is 0.880. The first-order valence-electron chi connectivity index (χ1n) is 9.28. The summed E-state index contributed by atoms with van der Waals surface area (Å²) in [6.45, 7) is 2.11. The lowest BCUT2D eigenvalue weighted by molar-refractivity contribution is -0.133. The van der Waals surface area contributed by atoms with E-state index in [-0.39, 0.29) is 41.5 Å². The first kappa shape index (κ1) is 20.1. The molecule has 1 atom stereocenters. The Labute approximate surface area is 165 Å². The van der Waals surface area contributed by atoms with E-state index in [9.17, 15) is 18.0 Å². The Bertz CT molecular complexity index is 957. The van der Waals surface area contributed by atoms with Gasteiger partial charge in [0.25, 0.3) is 0 Å². The topological polar surface area (TPSA) is 83.6 Å². The van der Waals surface area contributed by atoms with Crippen molar-refractivity contribution in [1.82, 2.24) is 10.2 Å². The molecule has 0 radical (unpaired) electrons. The summed E-state index contributed by atoms with van der Waals surface area (Å²) >= 11 is 0. The number of carbonyl (C=O) groups excluding carboxylic acids is 2. The number of benzene rings is 2. The zero-order chi connectivity index (χ0) is 20.1. The van der Waals surface area contributed by atoms with Crippen LogP contribution in [0.15, 0.2) is 59.5 Å². The Hall–Kier alpha value is -2.67. The molecular weight excluding hydrogens is 376 g/mol. The van der Waals surface area contributed by atoms with Gasteiger partial charge in [-0.15, -0.1) is 0 Å². The van der Waals surface area contributed by atoms with Gasteiger partial charge in [-0.05, 0) is 29.7 Å². The molecule has 2 aromatic carbocycles. The highest BCUT2D eigenvalue weighted by molar-refractivity contribution is 7.91. The van der Waals surface area contributed by atoms with Gasteiger partial charge < -0.3 is 10.2 Å². The van der Waals surface area contributed by atoms with Gasteiger partial charge in [0.1, 0.15) is 0 Å².